The Morgan fingerprint density at radius 2 is 2.18 bits per heavy atom. The fourth-order valence-corrected chi connectivity index (χ4v) is 2.12. The van der Waals surface area contributed by atoms with Crippen molar-refractivity contribution in [2.24, 2.45) is 5.92 Å². The highest BCUT2D eigenvalue weighted by molar-refractivity contribution is 5.47. The van der Waals surface area contributed by atoms with Crippen LogP contribution in [0.15, 0.2) is 6.07 Å². The molecule has 0 amide bonds. The fourth-order valence-electron chi connectivity index (χ4n) is 2.12. The van der Waals surface area contributed by atoms with Gasteiger partial charge in [0.2, 0.25) is 0 Å². The average Bonchev–Trinajstić information content (AvgIpc) is 3.10. The molecule has 1 aromatic rings. The molecule has 0 spiro atoms. The highest BCUT2D eigenvalue weighted by Crippen LogP contribution is 2.36. The Kier molecular flexibility index (Phi) is 3.50. The summed E-state index contributed by atoms with van der Waals surface area (Å²) in [5, 5.41) is 0. The summed E-state index contributed by atoms with van der Waals surface area (Å²) >= 11 is 0. The van der Waals surface area contributed by atoms with Gasteiger partial charge in [-0.2, -0.15) is 0 Å². The zero-order valence-electron chi connectivity index (χ0n) is 11.0. The number of nitrogens with two attached hydrogens (primary N) is 1. The van der Waals surface area contributed by atoms with Crippen LogP contribution in [0.5, 0.6) is 0 Å². The molecule has 1 saturated carbocycles. The summed E-state index contributed by atoms with van der Waals surface area (Å²) in [4.78, 5) is 11.1. The summed E-state index contributed by atoms with van der Waals surface area (Å²) in [6.45, 7) is 4.39. The molecule has 1 atom stereocenters. The number of aryl methyl sites for hydroxylation is 1. The van der Waals surface area contributed by atoms with Crippen LogP contribution in [0.25, 0.3) is 0 Å². The van der Waals surface area contributed by atoms with Gasteiger partial charge in [0.1, 0.15) is 17.5 Å². The van der Waals surface area contributed by atoms with Crippen molar-refractivity contribution < 1.29 is 0 Å². The highest BCUT2D eigenvalue weighted by Gasteiger charge is 2.31. The van der Waals surface area contributed by atoms with Gasteiger partial charge in [-0.25, -0.2) is 9.97 Å². The standard InChI is InChI=1S/C13H22N4/c1-4-5-12-15-11(14)8-13(16-12)17(3)9(2)10-6-7-10/h8-10H,4-7H2,1-3H3,(H2,14,15,16). The molecule has 0 bridgehead atoms. The second-order valence-electron chi connectivity index (χ2n) is 5.01. The van der Waals surface area contributed by atoms with Crippen molar-refractivity contribution in [3.63, 3.8) is 0 Å². The van der Waals surface area contributed by atoms with Gasteiger partial charge in [0.05, 0.1) is 0 Å². The van der Waals surface area contributed by atoms with Crippen molar-refractivity contribution in [3.05, 3.63) is 11.9 Å². The molecule has 17 heavy (non-hydrogen) atoms. The Bertz CT molecular complexity index is 387. The van der Waals surface area contributed by atoms with E-state index in [1.54, 1.807) is 0 Å². The predicted molar refractivity (Wildman–Crippen MR) is 71.0 cm³/mol. The van der Waals surface area contributed by atoms with Crippen LogP contribution >= 0.6 is 0 Å². The van der Waals surface area contributed by atoms with Crippen LogP contribution in [0.1, 0.15) is 38.9 Å². The Labute approximate surface area is 103 Å². The lowest BCUT2D eigenvalue weighted by molar-refractivity contribution is 0.602. The van der Waals surface area contributed by atoms with E-state index in [2.05, 4.69) is 35.8 Å². The van der Waals surface area contributed by atoms with Crippen LogP contribution in [0, 0.1) is 5.92 Å². The van der Waals surface area contributed by atoms with E-state index >= 15 is 0 Å². The van der Waals surface area contributed by atoms with Gasteiger partial charge in [0.25, 0.3) is 0 Å². The third-order valence-corrected chi connectivity index (χ3v) is 3.53. The van der Waals surface area contributed by atoms with Crippen LogP contribution in [-0.4, -0.2) is 23.1 Å². The van der Waals surface area contributed by atoms with E-state index in [1.807, 2.05) is 6.07 Å². The van der Waals surface area contributed by atoms with E-state index in [0.717, 1.165) is 30.4 Å². The highest BCUT2D eigenvalue weighted by atomic mass is 15.2. The zero-order chi connectivity index (χ0) is 12.4. The van der Waals surface area contributed by atoms with E-state index in [-0.39, 0.29) is 0 Å². The SMILES string of the molecule is CCCc1nc(N)cc(N(C)C(C)C2CC2)n1. The van der Waals surface area contributed by atoms with Crippen molar-refractivity contribution in [1.29, 1.82) is 0 Å². The molecule has 4 nitrogen and oxygen atoms in total. The molecular formula is C13H22N4. The maximum Gasteiger partial charge on any atom is 0.134 e. The molecule has 0 radical (unpaired) electrons. The first-order chi connectivity index (χ1) is 8.11. The summed E-state index contributed by atoms with van der Waals surface area (Å²) in [7, 11) is 2.10. The molecule has 1 unspecified atom stereocenters. The first kappa shape index (κ1) is 12.1. The molecule has 2 N–H and O–H groups in total. The molecule has 1 aliphatic rings. The molecule has 2 rings (SSSR count). The Hall–Kier alpha value is -1.32. The Morgan fingerprint density at radius 1 is 1.47 bits per heavy atom. The van der Waals surface area contributed by atoms with Crippen molar-refractivity contribution in [2.75, 3.05) is 17.7 Å². The minimum Gasteiger partial charge on any atom is -0.384 e. The zero-order valence-corrected chi connectivity index (χ0v) is 11.0. The first-order valence-electron chi connectivity index (χ1n) is 6.48. The van der Waals surface area contributed by atoms with E-state index in [1.165, 1.54) is 12.8 Å². The molecule has 1 fully saturated rings. The smallest absolute Gasteiger partial charge is 0.134 e. The minimum absolute atomic E-state index is 0.541. The van der Waals surface area contributed by atoms with E-state index in [9.17, 15) is 0 Å². The number of anilines is 2. The van der Waals surface area contributed by atoms with Gasteiger partial charge in [-0.1, -0.05) is 6.92 Å². The van der Waals surface area contributed by atoms with Crippen molar-refractivity contribution in [3.8, 4) is 0 Å². The second kappa shape index (κ2) is 4.90. The maximum absolute atomic E-state index is 5.84. The first-order valence-corrected chi connectivity index (χ1v) is 6.48. The molecule has 1 heterocycles. The number of rotatable bonds is 5. The molecule has 4 heteroatoms. The van der Waals surface area contributed by atoms with Crippen molar-refractivity contribution in [1.82, 2.24) is 9.97 Å². The Balaban J connectivity index is 2.18. The molecule has 0 aliphatic heterocycles. The largest absolute Gasteiger partial charge is 0.384 e. The number of hydrogen-bond donors (Lipinski definition) is 1. The molecule has 1 aliphatic carbocycles. The van der Waals surface area contributed by atoms with Crippen LogP contribution in [-0.2, 0) is 6.42 Å². The van der Waals surface area contributed by atoms with Gasteiger partial charge >= 0.3 is 0 Å². The van der Waals surface area contributed by atoms with Crippen LogP contribution < -0.4 is 10.6 Å². The lowest BCUT2D eigenvalue weighted by Gasteiger charge is -2.26. The fraction of sp³-hybridized carbons (Fsp3) is 0.692. The third-order valence-electron chi connectivity index (χ3n) is 3.53. The topological polar surface area (TPSA) is 55.0 Å². The van der Waals surface area contributed by atoms with Crippen LogP contribution in [0.3, 0.4) is 0 Å². The molecule has 94 valence electrons. The molecule has 0 saturated heterocycles. The summed E-state index contributed by atoms with van der Waals surface area (Å²) in [5.41, 5.74) is 5.84. The van der Waals surface area contributed by atoms with Gasteiger partial charge in [-0.05, 0) is 32.1 Å². The monoisotopic (exact) mass is 234 g/mol. The normalized spacial score (nSPS) is 16.9. The van der Waals surface area contributed by atoms with Crippen molar-refractivity contribution in [2.45, 2.75) is 45.6 Å². The molecular weight excluding hydrogens is 212 g/mol. The third kappa shape index (κ3) is 2.87. The Morgan fingerprint density at radius 3 is 2.76 bits per heavy atom. The minimum atomic E-state index is 0.541. The van der Waals surface area contributed by atoms with E-state index < -0.39 is 0 Å². The number of aromatic nitrogens is 2. The summed E-state index contributed by atoms with van der Waals surface area (Å²) < 4.78 is 0. The van der Waals surface area contributed by atoms with Gasteiger partial charge in [0.15, 0.2) is 0 Å². The summed E-state index contributed by atoms with van der Waals surface area (Å²) in [5.74, 6) is 3.22. The summed E-state index contributed by atoms with van der Waals surface area (Å²) in [6.07, 6.45) is 4.62. The quantitative estimate of drug-likeness (QED) is 0.849. The lowest BCUT2D eigenvalue weighted by atomic mass is 10.2. The number of nitrogen functional groups attached to an aromatic ring is 1. The van der Waals surface area contributed by atoms with E-state index in [0.29, 0.717) is 11.9 Å². The van der Waals surface area contributed by atoms with Crippen molar-refractivity contribution >= 4 is 11.6 Å². The lowest BCUT2D eigenvalue weighted by Crippen LogP contribution is -2.31. The van der Waals surface area contributed by atoms with Gasteiger partial charge < -0.3 is 10.6 Å². The van der Waals surface area contributed by atoms with Crippen LogP contribution in [0.2, 0.25) is 0 Å². The molecule has 1 aromatic heterocycles. The van der Waals surface area contributed by atoms with Crippen LogP contribution in [0.4, 0.5) is 11.6 Å². The summed E-state index contributed by atoms with van der Waals surface area (Å²) in [6, 6.07) is 2.41. The second-order valence-corrected chi connectivity index (χ2v) is 5.01. The number of nitrogens with zero attached hydrogens (tertiary/aromatic N) is 3. The van der Waals surface area contributed by atoms with Gasteiger partial charge in [0, 0.05) is 25.6 Å². The molecule has 0 aromatic carbocycles. The predicted octanol–water partition coefficient (Wildman–Crippen LogP) is 2.25. The van der Waals surface area contributed by atoms with E-state index in [4.69, 9.17) is 5.73 Å². The van der Waals surface area contributed by atoms with Gasteiger partial charge in [-0.15, -0.1) is 0 Å². The average molecular weight is 234 g/mol. The maximum atomic E-state index is 5.84. The number of hydrogen-bond acceptors (Lipinski definition) is 4. The van der Waals surface area contributed by atoms with Gasteiger partial charge in [-0.3, -0.25) is 0 Å².